The van der Waals surface area contributed by atoms with Crippen molar-refractivity contribution in [3.63, 3.8) is 0 Å². The number of benzene rings is 2. The summed E-state index contributed by atoms with van der Waals surface area (Å²) in [4.78, 5) is 28.8. The van der Waals surface area contributed by atoms with Gasteiger partial charge in [-0.05, 0) is 60.8 Å². The fourth-order valence-corrected chi connectivity index (χ4v) is 4.21. The molecular formula is C26H33FN2O3. The van der Waals surface area contributed by atoms with E-state index in [1.165, 1.54) is 12.1 Å². The second kappa shape index (κ2) is 11.2. The topological polar surface area (TPSA) is 60.9 Å². The average molecular weight is 441 g/mol. The summed E-state index contributed by atoms with van der Waals surface area (Å²) in [5, 5.41) is 9.56. The molecular weight excluding hydrogens is 407 g/mol. The first-order valence-corrected chi connectivity index (χ1v) is 11.5. The number of nitrogens with zero attached hydrogens (tertiary/aromatic N) is 2. The van der Waals surface area contributed by atoms with Gasteiger partial charge in [0, 0.05) is 31.2 Å². The molecule has 0 aliphatic carbocycles. The predicted octanol–water partition coefficient (Wildman–Crippen LogP) is 5.48. The number of aromatic carboxylic acids is 1. The number of carbonyl (C=O) groups excluding carboxylic acids is 1. The SMILES string of the molecule is CC(C)C(=O)N1CCCCCCCN(Cc2ccc(F)cc2)Cc2cc(C(=O)O)ccc21. The Balaban J connectivity index is 1.99. The molecule has 0 atom stereocenters. The highest BCUT2D eigenvalue weighted by Crippen LogP contribution is 2.28. The minimum atomic E-state index is -0.981. The van der Waals surface area contributed by atoms with Crippen molar-refractivity contribution in [1.82, 2.24) is 4.90 Å². The molecule has 0 saturated carbocycles. The molecule has 32 heavy (non-hydrogen) atoms. The molecule has 5 nitrogen and oxygen atoms in total. The average Bonchev–Trinajstić information content (AvgIpc) is 2.76. The van der Waals surface area contributed by atoms with Crippen LogP contribution in [0.25, 0.3) is 0 Å². The van der Waals surface area contributed by atoms with Crippen LogP contribution in [0.1, 0.15) is 67.4 Å². The van der Waals surface area contributed by atoms with Crippen molar-refractivity contribution in [2.75, 3.05) is 18.0 Å². The molecule has 0 saturated heterocycles. The van der Waals surface area contributed by atoms with E-state index in [1.54, 1.807) is 30.3 Å². The standard InChI is InChI=1S/C26H33FN2O3/c1-19(2)25(30)29-15-7-5-3-4-6-14-28(17-20-8-11-23(27)12-9-20)18-22-16-21(26(31)32)10-13-24(22)29/h8-13,16,19H,3-7,14-15,17-18H2,1-2H3,(H,31,32). The van der Waals surface area contributed by atoms with Crippen molar-refractivity contribution >= 4 is 17.6 Å². The van der Waals surface area contributed by atoms with Crippen LogP contribution in [0.5, 0.6) is 0 Å². The van der Waals surface area contributed by atoms with E-state index in [0.717, 1.165) is 55.5 Å². The van der Waals surface area contributed by atoms with Gasteiger partial charge in [-0.3, -0.25) is 9.69 Å². The first-order chi connectivity index (χ1) is 15.3. The molecule has 0 unspecified atom stereocenters. The summed E-state index contributed by atoms with van der Waals surface area (Å²) in [5.74, 6) is -1.34. The summed E-state index contributed by atoms with van der Waals surface area (Å²) in [6.45, 7) is 6.43. The summed E-state index contributed by atoms with van der Waals surface area (Å²) in [6.07, 6.45) is 5.27. The van der Waals surface area contributed by atoms with Crippen LogP contribution >= 0.6 is 0 Å². The van der Waals surface area contributed by atoms with Crippen molar-refractivity contribution in [2.24, 2.45) is 5.92 Å². The van der Waals surface area contributed by atoms with E-state index in [9.17, 15) is 19.1 Å². The summed E-state index contributed by atoms with van der Waals surface area (Å²) in [7, 11) is 0. The van der Waals surface area contributed by atoms with Crippen molar-refractivity contribution in [1.29, 1.82) is 0 Å². The van der Waals surface area contributed by atoms with Crippen LogP contribution in [0.3, 0.4) is 0 Å². The summed E-state index contributed by atoms with van der Waals surface area (Å²) in [6, 6.07) is 11.6. The van der Waals surface area contributed by atoms with Gasteiger partial charge in [0.05, 0.1) is 5.56 Å². The van der Waals surface area contributed by atoms with E-state index in [-0.39, 0.29) is 23.2 Å². The number of carboxylic acids is 1. The molecule has 1 N–H and O–H groups in total. The first kappa shape index (κ1) is 23.9. The third kappa shape index (κ3) is 6.39. The van der Waals surface area contributed by atoms with Gasteiger partial charge in [0.15, 0.2) is 0 Å². The number of amides is 1. The zero-order chi connectivity index (χ0) is 23.1. The quantitative estimate of drug-likeness (QED) is 0.684. The monoisotopic (exact) mass is 440 g/mol. The van der Waals surface area contributed by atoms with Gasteiger partial charge < -0.3 is 10.0 Å². The van der Waals surface area contributed by atoms with Gasteiger partial charge in [-0.25, -0.2) is 9.18 Å². The maximum Gasteiger partial charge on any atom is 0.335 e. The van der Waals surface area contributed by atoms with Gasteiger partial charge >= 0.3 is 5.97 Å². The third-order valence-electron chi connectivity index (χ3n) is 5.95. The van der Waals surface area contributed by atoms with Crippen molar-refractivity contribution in [3.05, 3.63) is 65.0 Å². The van der Waals surface area contributed by atoms with Crippen molar-refractivity contribution in [3.8, 4) is 0 Å². The molecule has 2 aromatic rings. The molecule has 2 aromatic carbocycles. The predicted molar refractivity (Wildman–Crippen MR) is 124 cm³/mol. The molecule has 0 spiro atoms. The van der Waals surface area contributed by atoms with E-state index in [0.29, 0.717) is 19.6 Å². The molecule has 6 heteroatoms. The Morgan fingerprint density at radius 3 is 2.28 bits per heavy atom. The molecule has 1 heterocycles. The van der Waals surface area contributed by atoms with Gasteiger partial charge in [-0.1, -0.05) is 45.2 Å². The van der Waals surface area contributed by atoms with E-state index in [2.05, 4.69) is 4.90 Å². The van der Waals surface area contributed by atoms with Gasteiger partial charge in [-0.15, -0.1) is 0 Å². The van der Waals surface area contributed by atoms with E-state index in [4.69, 9.17) is 0 Å². The normalized spacial score (nSPS) is 16.2. The Bertz CT molecular complexity index is 927. The molecule has 1 aliphatic heterocycles. The molecule has 1 amide bonds. The number of fused-ring (bicyclic) bond motifs is 1. The Hall–Kier alpha value is -2.73. The lowest BCUT2D eigenvalue weighted by Gasteiger charge is -2.30. The summed E-state index contributed by atoms with van der Waals surface area (Å²) in [5.41, 5.74) is 2.85. The Morgan fingerprint density at radius 1 is 0.969 bits per heavy atom. The zero-order valence-corrected chi connectivity index (χ0v) is 19.0. The first-order valence-electron chi connectivity index (χ1n) is 11.5. The van der Waals surface area contributed by atoms with Crippen LogP contribution in [0, 0.1) is 11.7 Å². The number of anilines is 1. The van der Waals surface area contributed by atoms with Gasteiger partial charge in [0.2, 0.25) is 5.91 Å². The second-order valence-electron chi connectivity index (χ2n) is 8.90. The lowest BCUT2D eigenvalue weighted by molar-refractivity contribution is -0.121. The number of halogens is 1. The van der Waals surface area contributed by atoms with Crippen LogP contribution in [-0.2, 0) is 17.9 Å². The van der Waals surface area contributed by atoms with Gasteiger partial charge in [0.1, 0.15) is 5.82 Å². The smallest absolute Gasteiger partial charge is 0.335 e. The number of carbonyl (C=O) groups is 2. The largest absolute Gasteiger partial charge is 0.478 e. The zero-order valence-electron chi connectivity index (χ0n) is 19.0. The highest BCUT2D eigenvalue weighted by atomic mass is 19.1. The molecule has 0 radical (unpaired) electrons. The minimum Gasteiger partial charge on any atom is -0.478 e. The van der Waals surface area contributed by atoms with Crippen molar-refractivity contribution < 1.29 is 19.1 Å². The van der Waals surface area contributed by atoms with Crippen LogP contribution < -0.4 is 4.90 Å². The Labute approximate surface area is 189 Å². The summed E-state index contributed by atoms with van der Waals surface area (Å²) < 4.78 is 13.4. The van der Waals surface area contributed by atoms with Crippen LogP contribution in [0.4, 0.5) is 10.1 Å². The van der Waals surface area contributed by atoms with E-state index >= 15 is 0 Å². The Morgan fingerprint density at radius 2 is 1.62 bits per heavy atom. The highest BCUT2D eigenvalue weighted by molar-refractivity contribution is 5.96. The number of hydrogen-bond donors (Lipinski definition) is 1. The molecule has 172 valence electrons. The van der Waals surface area contributed by atoms with E-state index in [1.807, 2.05) is 18.7 Å². The highest BCUT2D eigenvalue weighted by Gasteiger charge is 2.23. The molecule has 0 fully saturated rings. The third-order valence-corrected chi connectivity index (χ3v) is 5.95. The lowest BCUT2D eigenvalue weighted by atomic mass is 10.0. The number of carboxylic acid groups (broad SMARTS) is 1. The molecule has 0 bridgehead atoms. The van der Waals surface area contributed by atoms with E-state index < -0.39 is 5.97 Å². The van der Waals surface area contributed by atoms with Gasteiger partial charge in [-0.2, -0.15) is 0 Å². The Kier molecular flexibility index (Phi) is 8.39. The second-order valence-corrected chi connectivity index (χ2v) is 8.90. The van der Waals surface area contributed by atoms with Crippen LogP contribution in [0.2, 0.25) is 0 Å². The van der Waals surface area contributed by atoms with Crippen molar-refractivity contribution in [2.45, 2.75) is 59.0 Å². The van der Waals surface area contributed by atoms with Crippen LogP contribution in [-0.4, -0.2) is 35.0 Å². The summed E-state index contributed by atoms with van der Waals surface area (Å²) >= 11 is 0. The number of hydrogen-bond acceptors (Lipinski definition) is 3. The maximum atomic E-state index is 13.4. The fraction of sp³-hybridized carbons (Fsp3) is 0.462. The molecule has 0 aromatic heterocycles. The number of rotatable bonds is 4. The lowest BCUT2D eigenvalue weighted by Crippen LogP contribution is -2.37. The fourth-order valence-electron chi connectivity index (χ4n) is 4.21. The van der Waals surface area contributed by atoms with Crippen LogP contribution in [0.15, 0.2) is 42.5 Å². The molecule has 1 aliphatic rings. The van der Waals surface area contributed by atoms with Gasteiger partial charge in [0.25, 0.3) is 0 Å². The minimum absolute atomic E-state index is 0.0523. The molecule has 3 rings (SSSR count). The maximum absolute atomic E-state index is 13.4.